The molecule has 0 aliphatic carbocycles. The third kappa shape index (κ3) is 3.12. The third-order valence-electron chi connectivity index (χ3n) is 2.36. The van der Waals surface area contributed by atoms with E-state index in [1.807, 2.05) is 0 Å². The minimum Gasteiger partial charge on any atom is -0.354 e. The normalized spacial score (nSPS) is 11.0. The maximum absolute atomic E-state index is 12.1. The van der Waals surface area contributed by atoms with E-state index in [0.29, 0.717) is 10.6 Å². The van der Waals surface area contributed by atoms with Crippen molar-refractivity contribution in [1.82, 2.24) is 5.32 Å². The van der Waals surface area contributed by atoms with Crippen LogP contribution >= 0.6 is 11.3 Å². The van der Waals surface area contributed by atoms with Crippen LogP contribution in [0.15, 0.2) is 46.7 Å². The van der Waals surface area contributed by atoms with Crippen molar-refractivity contribution in [3.63, 3.8) is 0 Å². The Kier molecular flexibility index (Phi) is 3.87. The topological polar surface area (TPSA) is 75.3 Å². The first kappa shape index (κ1) is 13.6. The molecule has 0 radical (unpaired) electrons. The summed E-state index contributed by atoms with van der Waals surface area (Å²) in [6, 6.07) is 9.94. The quantitative estimate of drug-likeness (QED) is 0.905. The third-order valence-corrected chi connectivity index (χ3v) is 4.80. The number of anilines is 1. The fraction of sp³-hybridized carbons (Fsp3) is 0.0833. The van der Waals surface area contributed by atoms with E-state index in [2.05, 4.69) is 10.0 Å². The highest BCUT2D eigenvalue weighted by Gasteiger charge is 2.18. The van der Waals surface area contributed by atoms with E-state index in [1.165, 1.54) is 18.5 Å². The first-order valence-electron chi connectivity index (χ1n) is 5.41. The number of sulfonamides is 1. The summed E-state index contributed by atoms with van der Waals surface area (Å²) in [4.78, 5) is 11.8. The predicted octanol–water partition coefficient (Wildman–Crippen LogP) is 1.91. The second-order valence-corrected chi connectivity index (χ2v) is 6.29. The average molecular weight is 296 g/mol. The lowest BCUT2D eigenvalue weighted by Gasteiger charge is -2.05. The standard InChI is InChI=1S/C12H12N2O3S2/c1-13-12(15)11-7-10(8-18-11)19(16,17)14-9-5-3-2-4-6-9/h2-8,14H,1H3,(H,13,15). The lowest BCUT2D eigenvalue weighted by atomic mass is 10.3. The number of nitrogens with one attached hydrogen (secondary N) is 2. The molecule has 0 bridgehead atoms. The number of hydrogen-bond acceptors (Lipinski definition) is 4. The maximum atomic E-state index is 12.1. The Morgan fingerprint density at radius 1 is 1.21 bits per heavy atom. The van der Waals surface area contributed by atoms with Crippen LogP contribution in [0.4, 0.5) is 5.69 Å². The molecule has 19 heavy (non-hydrogen) atoms. The molecule has 0 fully saturated rings. The van der Waals surface area contributed by atoms with Gasteiger partial charge in [-0.1, -0.05) is 18.2 Å². The Hall–Kier alpha value is -1.86. The van der Waals surface area contributed by atoms with E-state index in [0.717, 1.165) is 11.3 Å². The maximum Gasteiger partial charge on any atom is 0.262 e. The first-order chi connectivity index (χ1) is 9.03. The Labute approximate surface area is 115 Å². The molecule has 2 N–H and O–H groups in total. The van der Waals surface area contributed by atoms with Gasteiger partial charge < -0.3 is 5.32 Å². The molecule has 1 heterocycles. The van der Waals surface area contributed by atoms with Crippen molar-refractivity contribution in [3.05, 3.63) is 46.7 Å². The fourth-order valence-electron chi connectivity index (χ4n) is 1.42. The summed E-state index contributed by atoms with van der Waals surface area (Å²) in [7, 11) is -2.16. The second-order valence-electron chi connectivity index (χ2n) is 3.70. The van der Waals surface area contributed by atoms with Crippen LogP contribution in [0.1, 0.15) is 9.67 Å². The summed E-state index contributed by atoms with van der Waals surface area (Å²) >= 11 is 1.09. The van der Waals surface area contributed by atoms with Crippen LogP contribution in [0.2, 0.25) is 0 Å². The molecular formula is C12H12N2O3S2. The summed E-state index contributed by atoms with van der Waals surface area (Å²) in [6.07, 6.45) is 0. The minimum atomic E-state index is -3.65. The molecule has 2 rings (SSSR count). The van der Waals surface area contributed by atoms with Crippen LogP contribution in [0.5, 0.6) is 0 Å². The van der Waals surface area contributed by atoms with Crippen molar-refractivity contribution in [1.29, 1.82) is 0 Å². The highest BCUT2D eigenvalue weighted by molar-refractivity contribution is 7.92. The monoisotopic (exact) mass is 296 g/mol. The molecule has 0 aliphatic heterocycles. The van der Waals surface area contributed by atoms with Crippen LogP contribution in [0.25, 0.3) is 0 Å². The van der Waals surface area contributed by atoms with E-state index < -0.39 is 10.0 Å². The smallest absolute Gasteiger partial charge is 0.262 e. The number of amides is 1. The van der Waals surface area contributed by atoms with Gasteiger partial charge >= 0.3 is 0 Å². The highest BCUT2D eigenvalue weighted by Crippen LogP contribution is 2.21. The molecule has 0 atom stereocenters. The SMILES string of the molecule is CNC(=O)c1cc(S(=O)(=O)Nc2ccccc2)cs1. The number of benzene rings is 1. The van der Waals surface area contributed by atoms with Gasteiger partial charge in [-0.3, -0.25) is 9.52 Å². The first-order valence-corrected chi connectivity index (χ1v) is 7.78. The highest BCUT2D eigenvalue weighted by atomic mass is 32.2. The van der Waals surface area contributed by atoms with Gasteiger partial charge in [-0.05, 0) is 18.2 Å². The number of rotatable bonds is 4. The largest absolute Gasteiger partial charge is 0.354 e. The molecule has 0 saturated heterocycles. The number of para-hydroxylation sites is 1. The van der Waals surface area contributed by atoms with Gasteiger partial charge in [-0.2, -0.15) is 0 Å². The van der Waals surface area contributed by atoms with Crippen LogP contribution < -0.4 is 10.0 Å². The van der Waals surface area contributed by atoms with Gasteiger partial charge in [0.1, 0.15) is 0 Å². The predicted molar refractivity (Wildman–Crippen MR) is 75.0 cm³/mol. The lowest BCUT2D eigenvalue weighted by Crippen LogP contribution is -2.16. The summed E-state index contributed by atoms with van der Waals surface area (Å²) < 4.78 is 26.6. The van der Waals surface area contributed by atoms with Crippen LogP contribution in [0.3, 0.4) is 0 Å². The van der Waals surface area contributed by atoms with Gasteiger partial charge in [-0.15, -0.1) is 11.3 Å². The van der Waals surface area contributed by atoms with Gasteiger partial charge in [0.05, 0.1) is 9.77 Å². The van der Waals surface area contributed by atoms with Crippen molar-refractivity contribution in [2.75, 3.05) is 11.8 Å². The molecule has 0 aliphatic rings. The lowest BCUT2D eigenvalue weighted by molar-refractivity contribution is 0.0967. The van der Waals surface area contributed by atoms with Crippen molar-refractivity contribution in [3.8, 4) is 0 Å². The summed E-state index contributed by atoms with van der Waals surface area (Å²) in [5, 5.41) is 3.89. The van der Waals surface area contributed by atoms with Gasteiger partial charge in [0, 0.05) is 18.1 Å². The van der Waals surface area contributed by atoms with Gasteiger partial charge in [0.25, 0.3) is 15.9 Å². The number of thiophene rings is 1. The molecule has 1 aromatic carbocycles. The van der Waals surface area contributed by atoms with Crippen LogP contribution in [0, 0.1) is 0 Å². The molecule has 100 valence electrons. The number of carbonyl (C=O) groups excluding carboxylic acids is 1. The van der Waals surface area contributed by atoms with Crippen LogP contribution in [-0.4, -0.2) is 21.4 Å². The van der Waals surface area contributed by atoms with Crippen molar-refractivity contribution < 1.29 is 13.2 Å². The summed E-state index contributed by atoms with van der Waals surface area (Å²) in [5.74, 6) is -0.300. The number of carbonyl (C=O) groups is 1. The van der Waals surface area contributed by atoms with Crippen molar-refractivity contribution in [2.45, 2.75) is 4.90 Å². The van der Waals surface area contributed by atoms with E-state index in [-0.39, 0.29) is 10.8 Å². The zero-order chi connectivity index (χ0) is 13.9. The summed E-state index contributed by atoms with van der Waals surface area (Å²) in [5.41, 5.74) is 0.482. The second kappa shape index (κ2) is 5.41. The van der Waals surface area contributed by atoms with E-state index in [9.17, 15) is 13.2 Å². The minimum absolute atomic E-state index is 0.0833. The molecule has 5 nitrogen and oxygen atoms in total. The zero-order valence-electron chi connectivity index (χ0n) is 10.1. The van der Waals surface area contributed by atoms with E-state index >= 15 is 0 Å². The Balaban J connectivity index is 2.25. The Bertz CT molecular complexity index is 678. The molecule has 0 unspecified atom stereocenters. The Morgan fingerprint density at radius 2 is 1.89 bits per heavy atom. The number of hydrogen-bond donors (Lipinski definition) is 2. The molecule has 1 aromatic heterocycles. The van der Waals surface area contributed by atoms with Crippen molar-refractivity contribution in [2.24, 2.45) is 0 Å². The van der Waals surface area contributed by atoms with Gasteiger partial charge in [0.15, 0.2) is 0 Å². The molecular weight excluding hydrogens is 284 g/mol. The van der Waals surface area contributed by atoms with E-state index in [4.69, 9.17) is 0 Å². The molecule has 2 aromatic rings. The fourth-order valence-corrected chi connectivity index (χ4v) is 3.70. The zero-order valence-corrected chi connectivity index (χ0v) is 11.7. The molecule has 0 saturated carbocycles. The molecule has 7 heteroatoms. The molecule has 1 amide bonds. The molecule has 0 spiro atoms. The van der Waals surface area contributed by atoms with Gasteiger partial charge in [-0.25, -0.2) is 8.42 Å². The Morgan fingerprint density at radius 3 is 2.53 bits per heavy atom. The average Bonchev–Trinajstić information content (AvgIpc) is 2.89. The summed E-state index contributed by atoms with van der Waals surface area (Å²) in [6.45, 7) is 0. The van der Waals surface area contributed by atoms with Crippen LogP contribution in [-0.2, 0) is 10.0 Å². The van der Waals surface area contributed by atoms with Gasteiger partial charge in [0.2, 0.25) is 0 Å². The van der Waals surface area contributed by atoms with E-state index in [1.54, 1.807) is 30.3 Å². The van der Waals surface area contributed by atoms with Crippen molar-refractivity contribution >= 4 is 33.0 Å².